The van der Waals surface area contributed by atoms with Crippen molar-refractivity contribution in [2.45, 2.75) is 19.3 Å². The summed E-state index contributed by atoms with van der Waals surface area (Å²) in [6, 6.07) is 61.7. The lowest BCUT2D eigenvalue weighted by atomic mass is 9.81. The number of hydrogen-bond acceptors (Lipinski definition) is 3. The Bertz CT molecular complexity index is 3130. The molecule has 0 fully saturated rings. The highest BCUT2D eigenvalue weighted by atomic mass is 32.1. The van der Waals surface area contributed by atoms with E-state index in [1.165, 1.54) is 75.1 Å². The SMILES string of the molecule is CC1(C)c2cc3ccccc3cc2-c2c(-c3cc(-c4ccc(-c5ccc6c(c5)sc5ccccc56)c5ccccc45)nc(-c4ccccc4)n3)cccc21. The monoisotopic (exact) mass is 706 g/mol. The summed E-state index contributed by atoms with van der Waals surface area (Å²) in [4.78, 5) is 10.7. The molecule has 0 unspecified atom stereocenters. The maximum atomic E-state index is 5.34. The zero-order chi connectivity index (χ0) is 36.0. The first-order valence-electron chi connectivity index (χ1n) is 18.6. The van der Waals surface area contributed by atoms with E-state index in [-0.39, 0.29) is 5.41 Å². The molecule has 0 N–H and O–H groups in total. The molecule has 3 heteroatoms. The smallest absolute Gasteiger partial charge is 0.160 e. The number of aromatic nitrogens is 2. The second kappa shape index (κ2) is 11.8. The molecule has 254 valence electrons. The second-order valence-corrected chi connectivity index (χ2v) is 16.0. The van der Waals surface area contributed by atoms with Crippen molar-refractivity contribution in [3.8, 4) is 56.2 Å². The van der Waals surface area contributed by atoms with Gasteiger partial charge in [0.1, 0.15) is 0 Å². The van der Waals surface area contributed by atoms with Gasteiger partial charge in [-0.3, -0.25) is 0 Å². The lowest BCUT2D eigenvalue weighted by molar-refractivity contribution is 0.661. The van der Waals surface area contributed by atoms with Gasteiger partial charge >= 0.3 is 0 Å². The van der Waals surface area contributed by atoms with Gasteiger partial charge in [-0.05, 0) is 85.3 Å². The molecular weight excluding hydrogens is 673 g/mol. The van der Waals surface area contributed by atoms with Crippen molar-refractivity contribution in [3.05, 3.63) is 181 Å². The average Bonchev–Trinajstić information content (AvgIpc) is 3.70. The quantitative estimate of drug-likeness (QED) is 0.182. The first-order valence-corrected chi connectivity index (χ1v) is 19.4. The van der Waals surface area contributed by atoms with Crippen molar-refractivity contribution < 1.29 is 0 Å². The summed E-state index contributed by atoms with van der Waals surface area (Å²) in [6.45, 7) is 4.70. The molecule has 2 heterocycles. The van der Waals surface area contributed by atoms with Crippen LogP contribution in [0.1, 0.15) is 25.0 Å². The molecule has 0 bridgehead atoms. The average molecular weight is 707 g/mol. The molecule has 1 aliphatic carbocycles. The van der Waals surface area contributed by atoms with E-state index >= 15 is 0 Å². The van der Waals surface area contributed by atoms with Crippen LogP contribution in [-0.4, -0.2) is 9.97 Å². The van der Waals surface area contributed by atoms with E-state index in [1.807, 2.05) is 17.4 Å². The van der Waals surface area contributed by atoms with Gasteiger partial charge in [0, 0.05) is 42.3 Å². The molecule has 54 heavy (non-hydrogen) atoms. The van der Waals surface area contributed by atoms with Crippen LogP contribution in [0.3, 0.4) is 0 Å². The van der Waals surface area contributed by atoms with Crippen LogP contribution >= 0.6 is 11.3 Å². The standard InChI is InChI=1S/C51H34N2S/c1-51(2)43-21-12-20-41(49(43)42-27-32-15-6-7-16-33(32)28-44(42)51)46-30-45(52-50(53-46)31-13-4-3-5-14-31)38-26-25-35(36-17-8-9-18-37(36)38)34-23-24-40-39-19-10-11-22-47(39)54-48(40)29-34/h3-30H,1-2H3. The number of fused-ring (bicyclic) bond motifs is 8. The minimum Gasteiger partial charge on any atom is -0.228 e. The zero-order valence-corrected chi connectivity index (χ0v) is 30.8. The molecule has 1 aliphatic rings. The highest BCUT2D eigenvalue weighted by molar-refractivity contribution is 7.25. The van der Waals surface area contributed by atoms with E-state index in [9.17, 15) is 0 Å². The summed E-state index contributed by atoms with van der Waals surface area (Å²) in [5, 5.41) is 7.54. The molecule has 10 aromatic rings. The Hall–Kier alpha value is -6.42. The molecule has 2 nitrogen and oxygen atoms in total. The van der Waals surface area contributed by atoms with Gasteiger partial charge in [0.05, 0.1) is 11.4 Å². The normalized spacial score (nSPS) is 13.1. The Balaban J connectivity index is 1.12. The molecule has 0 amide bonds. The van der Waals surface area contributed by atoms with Crippen molar-refractivity contribution in [2.24, 2.45) is 0 Å². The van der Waals surface area contributed by atoms with E-state index in [2.05, 4.69) is 178 Å². The van der Waals surface area contributed by atoms with Crippen LogP contribution in [0.25, 0.3) is 97.9 Å². The van der Waals surface area contributed by atoms with Crippen molar-refractivity contribution in [1.29, 1.82) is 0 Å². The molecule has 2 aromatic heterocycles. The minimum absolute atomic E-state index is 0.145. The predicted octanol–water partition coefficient (Wildman–Crippen LogP) is 14.1. The van der Waals surface area contributed by atoms with Gasteiger partial charge in [0.2, 0.25) is 0 Å². The Kier molecular flexibility index (Phi) is 6.80. The second-order valence-electron chi connectivity index (χ2n) is 14.9. The van der Waals surface area contributed by atoms with Gasteiger partial charge in [0.15, 0.2) is 5.82 Å². The van der Waals surface area contributed by atoms with Crippen LogP contribution in [0, 0.1) is 0 Å². The fourth-order valence-corrected chi connectivity index (χ4v) is 9.94. The van der Waals surface area contributed by atoms with Gasteiger partial charge in [-0.15, -0.1) is 11.3 Å². The molecule has 0 aliphatic heterocycles. The summed E-state index contributed by atoms with van der Waals surface area (Å²) in [5.74, 6) is 0.722. The topological polar surface area (TPSA) is 25.8 Å². The Morgan fingerprint density at radius 2 is 1.06 bits per heavy atom. The van der Waals surface area contributed by atoms with Crippen molar-refractivity contribution in [3.63, 3.8) is 0 Å². The molecule has 8 aromatic carbocycles. The summed E-state index contributed by atoms with van der Waals surface area (Å²) in [5.41, 5.74) is 12.6. The van der Waals surface area contributed by atoms with Crippen LogP contribution in [-0.2, 0) is 5.41 Å². The van der Waals surface area contributed by atoms with Gasteiger partial charge in [0.25, 0.3) is 0 Å². The minimum atomic E-state index is -0.145. The van der Waals surface area contributed by atoms with Crippen LogP contribution in [0.15, 0.2) is 170 Å². The van der Waals surface area contributed by atoms with Crippen molar-refractivity contribution in [1.82, 2.24) is 9.97 Å². The lowest BCUT2D eigenvalue weighted by Gasteiger charge is -2.22. The van der Waals surface area contributed by atoms with Gasteiger partial charge in [-0.25, -0.2) is 9.97 Å². The van der Waals surface area contributed by atoms with Crippen molar-refractivity contribution >= 4 is 53.1 Å². The van der Waals surface area contributed by atoms with Gasteiger partial charge in [-0.1, -0.05) is 153 Å². The number of nitrogens with zero attached hydrogens (tertiary/aromatic N) is 2. The molecule has 0 spiro atoms. The molecule has 0 atom stereocenters. The van der Waals surface area contributed by atoms with Crippen LogP contribution in [0.2, 0.25) is 0 Å². The summed E-state index contributed by atoms with van der Waals surface area (Å²) >= 11 is 1.86. The molecular formula is C51H34N2S. The Labute approximate surface area is 318 Å². The Morgan fingerprint density at radius 3 is 1.87 bits per heavy atom. The molecule has 0 saturated carbocycles. The predicted molar refractivity (Wildman–Crippen MR) is 229 cm³/mol. The van der Waals surface area contributed by atoms with Crippen LogP contribution in [0.4, 0.5) is 0 Å². The summed E-state index contributed by atoms with van der Waals surface area (Å²) in [7, 11) is 0. The van der Waals surface area contributed by atoms with Crippen LogP contribution < -0.4 is 0 Å². The third kappa shape index (κ3) is 4.72. The summed E-state index contributed by atoms with van der Waals surface area (Å²) in [6.07, 6.45) is 0. The fraction of sp³-hybridized carbons (Fsp3) is 0.0588. The third-order valence-corrected chi connectivity index (χ3v) is 12.6. The maximum absolute atomic E-state index is 5.34. The highest BCUT2D eigenvalue weighted by Crippen LogP contribution is 2.53. The first-order chi connectivity index (χ1) is 26.5. The number of thiophene rings is 1. The van der Waals surface area contributed by atoms with Gasteiger partial charge in [-0.2, -0.15) is 0 Å². The van der Waals surface area contributed by atoms with Gasteiger partial charge < -0.3 is 0 Å². The lowest BCUT2D eigenvalue weighted by Crippen LogP contribution is -2.14. The van der Waals surface area contributed by atoms with E-state index in [0.29, 0.717) is 0 Å². The number of rotatable bonds is 4. The Morgan fingerprint density at radius 1 is 0.407 bits per heavy atom. The van der Waals surface area contributed by atoms with Crippen LogP contribution in [0.5, 0.6) is 0 Å². The molecule has 11 rings (SSSR count). The molecule has 0 saturated heterocycles. The van der Waals surface area contributed by atoms with Crippen molar-refractivity contribution in [2.75, 3.05) is 0 Å². The fourth-order valence-electron chi connectivity index (χ4n) is 8.79. The van der Waals surface area contributed by atoms with E-state index in [0.717, 1.165) is 33.9 Å². The largest absolute Gasteiger partial charge is 0.228 e. The summed E-state index contributed by atoms with van der Waals surface area (Å²) < 4.78 is 2.63. The number of hydrogen-bond donors (Lipinski definition) is 0. The number of benzene rings is 8. The third-order valence-electron chi connectivity index (χ3n) is 11.5. The zero-order valence-electron chi connectivity index (χ0n) is 30.0. The highest BCUT2D eigenvalue weighted by Gasteiger charge is 2.37. The first kappa shape index (κ1) is 31.1. The van der Waals surface area contributed by atoms with E-state index in [1.54, 1.807) is 0 Å². The maximum Gasteiger partial charge on any atom is 0.160 e. The van der Waals surface area contributed by atoms with E-state index < -0.39 is 0 Å². The molecule has 0 radical (unpaired) electrons. The van der Waals surface area contributed by atoms with E-state index in [4.69, 9.17) is 9.97 Å².